The Bertz CT molecular complexity index is 1590. The largest absolute Gasteiger partial charge is 0.493 e. The van der Waals surface area contributed by atoms with Crippen LogP contribution in [0.4, 0.5) is 11.5 Å². The molecule has 0 spiro atoms. The molecule has 2 amide bonds. The highest BCUT2D eigenvalue weighted by molar-refractivity contribution is 5.96. The van der Waals surface area contributed by atoms with Crippen LogP contribution < -0.4 is 24.4 Å². The zero-order valence-corrected chi connectivity index (χ0v) is 26.0. The minimum Gasteiger partial charge on any atom is -0.493 e. The summed E-state index contributed by atoms with van der Waals surface area (Å²) in [6.45, 7) is 6.96. The number of nitrogens with one attached hydrogen (secondary N) is 1. The van der Waals surface area contributed by atoms with Crippen LogP contribution in [-0.2, 0) is 16.0 Å². The molecule has 0 radical (unpaired) electrons. The van der Waals surface area contributed by atoms with Crippen LogP contribution in [0.25, 0.3) is 16.7 Å². The lowest BCUT2D eigenvalue weighted by Crippen LogP contribution is -2.45. The van der Waals surface area contributed by atoms with Crippen LogP contribution in [0.5, 0.6) is 17.2 Å². The number of para-hydroxylation sites is 1. The average molecular weight is 601 g/mol. The van der Waals surface area contributed by atoms with Crippen LogP contribution in [0.15, 0.2) is 54.7 Å². The molecule has 4 aromatic rings. The fraction of sp³-hybridized carbons (Fsp3) is 0.394. The van der Waals surface area contributed by atoms with E-state index in [-0.39, 0.29) is 24.2 Å². The number of carbonyl (C=O) groups is 2. The normalized spacial score (nSPS) is 14.8. The summed E-state index contributed by atoms with van der Waals surface area (Å²) >= 11 is 0. The van der Waals surface area contributed by atoms with Gasteiger partial charge in [0.1, 0.15) is 0 Å². The van der Waals surface area contributed by atoms with Gasteiger partial charge < -0.3 is 29.3 Å². The zero-order chi connectivity index (χ0) is 31.2. The number of nitrogens with zero attached hydrogens (tertiary/aromatic N) is 5. The molecule has 1 aliphatic rings. The first-order valence-electron chi connectivity index (χ1n) is 15.0. The summed E-state index contributed by atoms with van der Waals surface area (Å²) in [6.07, 6.45) is 3.90. The first kappa shape index (κ1) is 30.7. The van der Waals surface area contributed by atoms with Gasteiger partial charge in [0.25, 0.3) is 0 Å². The average Bonchev–Trinajstić information content (AvgIpc) is 3.42. The Kier molecular flexibility index (Phi) is 9.52. The van der Waals surface area contributed by atoms with Crippen molar-refractivity contribution in [1.29, 1.82) is 0 Å². The van der Waals surface area contributed by atoms with Gasteiger partial charge in [-0.3, -0.25) is 14.2 Å². The maximum Gasteiger partial charge on any atom is 0.228 e. The molecule has 5 rings (SSSR count). The predicted molar refractivity (Wildman–Crippen MR) is 170 cm³/mol. The van der Waals surface area contributed by atoms with Crippen LogP contribution >= 0.6 is 0 Å². The number of benzene rings is 2. The van der Waals surface area contributed by atoms with Crippen molar-refractivity contribution in [3.63, 3.8) is 0 Å². The lowest BCUT2D eigenvalue weighted by molar-refractivity contribution is -0.135. The molecule has 0 aliphatic carbocycles. The van der Waals surface area contributed by atoms with Gasteiger partial charge in [0, 0.05) is 55.6 Å². The topological polar surface area (TPSA) is 111 Å². The molecule has 1 aliphatic heterocycles. The summed E-state index contributed by atoms with van der Waals surface area (Å²) in [5, 5.41) is 13.0. The van der Waals surface area contributed by atoms with Gasteiger partial charge in [-0.2, -0.15) is 0 Å². The number of hydrogen-bond donors (Lipinski definition) is 1. The Hall–Kier alpha value is -4.80. The molecule has 232 valence electrons. The van der Waals surface area contributed by atoms with E-state index in [9.17, 15) is 9.59 Å². The Morgan fingerprint density at radius 2 is 1.64 bits per heavy atom. The van der Waals surface area contributed by atoms with E-state index >= 15 is 0 Å². The lowest BCUT2D eigenvalue weighted by atomic mass is 9.96. The van der Waals surface area contributed by atoms with Crippen molar-refractivity contribution >= 4 is 34.2 Å². The van der Waals surface area contributed by atoms with Gasteiger partial charge in [0.2, 0.25) is 17.6 Å². The molecule has 44 heavy (non-hydrogen) atoms. The maximum atomic E-state index is 13.2. The highest BCUT2D eigenvalue weighted by atomic mass is 16.5. The first-order valence-corrected chi connectivity index (χ1v) is 15.0. The monoisotopic (exact) mass is 600 g/mol. The van der Waals surface area contributed by atoms with E-state index in [4.69, 9.17) is 14.2 Å². The molecular formula is C33H40N6O5. The van der Waals surface area contributed by atoms with Crippen molar-refractivity contribution < 1.29 is 23.8 Å². The van der Waals surface area contributed by atoms with Crippen LogP contribution in [-0.4, -0.2) is 79.0 Å². The second kappa shape index (κ2) is 13.7. The van der Waals surface area contributed by atoms with Gasteiger partial charge in [0.05, 0.1) is 39.2 Å². The summed E-state index contributed by atoms with van der Waals surface area (Å²) in [5.74, 6) is 2.75. The van der Waals surface area contributed by atoms with Crippen LogP contribution in [0.3, 0.4) is 0 Å². The highest BCUT2D eigenvalue weighted by Gasteiger charge is 2.29. The Morgan fingerprint density at radius 1 is 0.955 bits per heavy atom. The molecule has 11 heteroatoms. The summed E-state index contributed by atoms with van der Waals surface area (Å²) in [5.41, 5.74) is 2.31. The molecule has 0 bridgehead atoms. The number of carbonyl (C=O) groups excluding carboxylic acids is 2. The molecule has 11 nitrogen and oxygen atoms in total. The van der Waals surface area contributed by atoms with Gasteiger partial charge in [-0.15, -0.1) is 10.2 Å². The van der Waals surface area contributed by atoms with Crippen molar-refractivity contribution in [2.75, 3.05) is 57.7 Å². The Morgan fingerprint density at radius 3 is 2.27 bits per heavy atom. The number of aromatic nitrogens is 3. The Balaban J connectivity index is 1.34. The quantitative estimate of drug-likeness (QED) is 0.264. The van der Waals surface area contributed by atoms with Gasteiger partial charge in [-0.05, 0) is 50.5 Å². The fourth-order valence-electron chi connectivity index (χ4n) is 5.91. The molecule has 1 atom stereocenters. The zero-order valence-electron chi connectivity index (χ0n) is 26.0. The van der Waals surface area contributed by atoms with E-state index < -0.39 is 0 Å². The van der Waals surface area contributed by atoms with E-state index in [0.29, 0.717) is 35.3 Å². The third-order valence-corrected chi connectivity index (χ3v) is 8.15. The molecule has 1 N–H and O–H groups in total. The van der Waals surface area contributed by atoms with Crippen molar-refractivity contribution in [3.05, 3.63) is 60.3 Å². The smallest absolute Gasteiger partial charge is 0.228 e. The van der Waals surface area contributed by atoms with Crippen molar-refractivity contribution in [1.82, 2.24) is 19.7 Å². The second-order valence-electron chi connectivity index (χ2n) is 10.7. The third-order valence-electron chi connectivity index (χ3n) is 8.15. The molecule has 2 aromatic carbocycles. The van der Waals surface area contributed by atoms with Crippen molar-refractivity contribution in [2.24, 2.45) is 5.92 Å². The molecule has 0 saturated carbocycles. The third kappa shape index (κ3) is 6.27. The number of anilines is 2. The SMILES string of the molecule is CCN(CC)C(=O)C1CCCN(c2ccc(-n3cc(CC(=O)Nc4cc(OC)c(OC)c(OC)c4)c4ccccc43)nn2)C1. The van der Waals surface area contributed by atoms with Crippen LogP contribution in [0.2, 0.25) is 0 Å². The summed E-state index contributed by atoms with van der Waals surface area (Å²) in [4.78, 5) is 30.2. The van der Waals surface area contributed by atoms with E-state index in [1.54, 1.807) is 12.1 Å². The molecular weight excluding hydrogens is 560 g/mol. The van der Waals surface area contributed by atoms with Gasteiger partial charge in [0.15, 0.2) is 23.1 Å². The first-order chi connectivity index (χ1) is 21.4. The Labute approximate surface area is 257 Å². The number of ether oxygens (including phenoxy) is 3. The van der Waals surface area contributed by atoms with Crippen molar-refractivity contribution in [3.8, 4) is 23.1 Å². The van der Waals surface area contributed by atoms with E-state index in [1.165, 1.54) is 21.3 Å². The van der Waals surface area contributed by atoms with Crippen molar-refractivity contribution in [2.45, 2.75) is 33.1 Å². The number of amides is 2. The number of rotatable bonds is 11. The number of fused-ring (bicyclic) bond motifs is 1. The molecule has 1 fully saturated rings. The van der Waals surface area contributed by atoms with Gasteiger partial charge in [-0.25, -0.2) is 0 Å². The standard InChI is InChI=1S/C33H40N6O5/c1-6-37(7-2)33(41)22-11-10-16-38(20-22)29-14-15-30(36-35-29)39-21-23(25-12-8-9-13-26(25)39)17-31(40)34-24-18-27(42-3)32(44-5)28(19-24)43-4/h8-9,12-15,18-19,21-22H,6-7,10-11,16-17,20H2,1-5H3,(H,34,40). The van der Waals surface area contributed by atoms with Gasteiger partial charge >= 0.3 is 0 Å². The maximum absolute atomic E-state index is 13.2. The van der Waals surface area contributed by atoms with Crippen LogP contribution in [0, 0.1) is 5.92 Å². The minimum absolute atomic E-state index is 0.0349. The van der Waals surface area contributed by atoms with E-state index in [1.807, 2.05) is 65.9 Å². The van der Waals surface area contributed by atoms with E-state index in [2.05, 4.69) is 20.4 Å². The molecule has 3 heterocycles. The lowest BCUT2D eigenvalue weighted by Gasteiger charge is -2.34. The van der Waals surface area contributed by atoms with E-state index in [0.717, 1.165) is 54.8 Å². The summed E-state index contributed by atoms with van der Waals surface area (Å²) < 4.78 is 18.2. The number of hydrogen-bond acceptors (Lipinski definition) is 8. The van der Waals surface area contributed by atoms with Crippen LogP contribution in [0.1, 0.15) is 32.3 Å². The molecule has 2 aromatic heterocycles. The van der Waals surface area contributed by atoms with Gasteiger partial charge in [-0.1, -0.05) is 18.2 Å². The molecule has 1 unspecified atom stereocenters. The second-order valence-corrected chi connectivity index (χ2v) is 10.7. The number of piperidine rings is 1. The minimum atomic E-state index is -0.192. The predicted octanol–water partition coefficient (Wildman–Crippen LogP) is 4.71. The summed E-state index contributed by atoms with van der Waals surface area (Å²) in [6, 6.07) is 15.2. The molecule has 1 saturated heterocycles. The fourth-order valence-corrected chi connectivity index (χ4v) is 5.91. The number of methoxy groups -OCH3 is 3. The summed E-state index contributed by atoms with van der Waals surface area (Å²) in [7, 11) is 4.60. The highest BCUT2D eigenvalue weighted by Crippen LogP contribution is 2.40.